The number of hydrogen-bond donors (Lipinski definition) is 0. The van der Waals surface area contributed by atoms with Crippen LogP contribution < -0.4 is 0 Å². The average Bonchev–Trinajstić information content (AvgIpc) is 2.60. The lowest BCUT2D eigenvalue weighted by atomic mass is 9.60. The second-order valence-corrected chi connectivity index (χ2v) is 4.24. The molecule has 0 aromatic carbocycles. The SMILES string of the molecule is N#CC1(C2(c3ccco3)COC2)COC1. The molecule has 0 aliphatic carbocycles. The molecule has 0 bridgehead atoms. The lowest BCUT2D eigenvalue weighted by Crippen LogP contribution is -2.66. The summed E-state index contributed by atoms with van der Waals surface area (Å²) < 4.78 is 15.9. The summed E-state index contributed by atoms with van der Waals surface area (Å²) in [6.45, 7) is 2.07. The molecule has 0 unspecified atom stereocenters. The first kappa shape index (κ1) is 8.96. The van der Waals surface area contributed by atoms with Gasteiger partial charge in [-0.05, 0) is 12.1 Å². The van der Waals surface area contributed by atoms with Gasteiger partial charge in [0, 0.05) is 0 Å². The molecule has 0 amide bonds. The third kappa shape index (κ3) is 0.921. The highest BCUT2D eigenvalue weighted by Gasteiger charge is 2.63. The van der Waals surface area contributed by atoms with Crippen molar-refractivity contribution in [1.82, 2.24) is 0 Å². The van der Waals surface area contributed by atoms with E-state index in [0.29, 0.717) is 26.4 Å². The van der Waals surface area contributed by atoms with Crippen molar-refractivity contribution >= 4 is 0 Å². The van der Waals surface area contributed by atoms with Gasteiger partial charge in [0.2, 0.25) is 0 Å². The Bertz CT molecular complexity index is 396. The van der Waals surface area contributed by atoms with Gasteiger partial charge in [0.25, 0.3) is 0 Å². The monoisotopic (exact) mass is 205 g/mol. The first-order valence-electron chi connectivity index (χ1n) is 4.94. The topological polar surface area (TPSA) is 55.4 Å². The molecule has 2 fully saturated rings. The fraction of sp³-hybridized carbons (Fsp3) is 0.545. The molecule has 2 saturated heterocycles. The normalized spacial score (nSPS) is 26.1. The lowest BCUT2D eigenvalue weighted by Gasteiger charge is -2.54. The Kier molecular flexibility index (Phi) is 1.70. The first-order chi connectivity index (χ1) is 7.33. The summed E-state index contributed by atoms with van der Waals surface area (Å²) in [6.07, 6.45) is 1.64. The maximum Gasteiger partial charge on any atom is 0.121 e. The molecular weight excluding hydrogens is 194 g/mol. The summed E-state index contributed by atoms with van der Waals surface area (Å²) in [5.41, 5.74) is -0.743. The third-order valence-electron chi connectivity index (χ3n) is 3.52. The molecule has 2 aliphatic heterocycles. The highest BCUT2D eigenvalue weighted by Crippen LogP contribution is 2.51. The Balaban J connectivity index is 2.04. The van der Waals surface area contributed by atoms with Gasteiger partial charge in [0.05, 0.1) is 44.2 Å². The highest BCUT2D eigenvalue weighted by atomic mass is 16.5. The van der Waals surface area contributed by atoms with Crippen molar-refractivity contribution in [2.45, 2.75) is 5.41 Å². The molecule has 0 atom stereocenters. The van der Waals surface area contributed by atoms with Gasteiger partial charge in [-0.3, -0.25) is 0 Å². The van der Waals surface area contributed by atoms with Gasteiger partial charge in [-0.15, -0.1) is 0 Å². The van der Waals surface area contributed by atoms with E-state index >= 15 is 0 Å². The van der Waals surface area contributed by atoms with E-state index in [9.17, 15) is 5.26 Å². The number of nitriles is 1. The molecule has 78 valence electrons. The molecule has 0 N–H and O–H groups in total. The van der Waals surface area contributed by atoms with E-state index in [1.807, 2.05) is 12.1 Å². The second-order valence-electron chi connectivity index (χ2n) is 4.24. The van der Waals surface area contributed by atoms with Crippen molar-refractivity contribution in [2.75, 3.05) is 26.4 Å². The Labute approximate surface area is 87.4 Å². The van der Waals surface area contributed by atoms with Crippen molar-refractivity contribution < 1.29 is 13.9 Å². The number of rotatable bonds is 2. The Morgan fingerprint density at radius 3 is 2.27 bits per heavy atom. The quantitative estimate of drug-likeness (QED) is 0.725. The number of ether oxygens (including phenoxy) is 2. The van der Waals surface area contributed by atoms with E-state index in [1.54, 1.807) is 6.26 Å². The fourth-order valence-corrected chi connectivity index (χ4v) is 2.27. The van der Waals surface area contributed by atoms with E-state index in [1.165, 1.54) is 0 Å². The van der Waals surface area contributed by atoms with Crippen molar-refractivity contribution in [3.63, 3.8) is 0 Å². The molecule has 1 aromatic rings. The maximum absolute atomic E-state index is 9.31. The Morgan fingerprint density at radius 1 is 1.20 bits per heavy atom. The maximum atomic E-state index is 9.31. The van der Waals surface area contributed by atoms with Crippen LogP contribution in [0.4, 0.5) is 0 Å². The second kappa shape index (κ2) is 2.84. The molecule has 15 heavy (non-hydrogen) atoms. The van der Waals surface area contributed by atoms with E-state index in [4.69, 9.17) is 13.9 Å². The zero-order chi connectivity index (χ0) is 10.4. The van der Waals surface area contributed by atoms with E-state index in [0.717, 1.165) is 5.76 Å². The van der Waals surface area contributed by atoms with Gasteiger partial charge in [0.15, 0.2) is 0 Å². The Hall–Kier alpha value is -1.31. The van der Waals surface area contributed by atoms with Crippen LogP contribution in [0.15, 0.2) is 22.8 Å². The van der Waals surface area contributed by atoms with Gasteiger partial charge in [0.1, 0.15) is 11.2 Å². The van der Waals surface area contributed by atoms with Crippen LogP contribution in [0.3, 0.4) is 0 Å². The van der Waals surface area contributed by atoms with Crippen LogP contribution in [0, 0.1) is 16.7 Å². The molecule has 3 rings (SSSR count). The molecule has 3 heterocycles. The molecular formula is C11H11NO3. The smallest absolute Gasteiger partial charge is 0.121 e. The van der Waals surface area contributed by atoms with Crippen molar-refractivity contribution in [3.05, 3.63) is 24.2 Å². The summed E-state index contributed by atoms with van der Waals surface area (Å²) >= 11 is 0. The van der Waals surface area contributed by atoms with E-state index in [2.05, 4.69) is 6.07 Å². The van der Waals surface area contributed by atoms with Crippen LogP contribution in [0.25, 0.3) is 0 Å². The number of furan rings is 1. The van der Waals surface area contributed by atoms with Crippen LogP contribution in [0.2, 0.25) is 0 Å². The summed E-state index contributed by atoms with van der Waals surface area (Å²) in [4.78, 5) is 0. The molecule has 0 radical (unpaired) electrons. The van der Waals surface area contributed by atoms with Crippen LogP contribution >= 0.6 is 0 Å². The standard InChI is InChI=1S/C11H11NO3/c12-4-10(5-13-6-10)11(7-14-8-11)9-2-1-3-15-9/h1-3H,5-8H2. The summed E-state index contributed by atoms with van der Waals surface area (Å²) in [7, 11) is 0. The Morgan fingerprint density at radius 2 is 1.93 bits per heavy atom. The van der Waals surface area contributed by atoms with Gasteiger partial charge in [-0.25, -0.2) is 0 Å². The zero-order valence-corrected chi connectivity index (χ0v) is 8.23. The van der Waals surface area contributed by atoms with Crippen LogP contribution in [0.1, 0.15) is 5.76 Å². The van der Waals surface area contributed by atoms with Crippen LogP contribution in [0.5, 0.6) is 0 Å². The fourth-order valence-electron chi connectivity index (χ4n) is 2.27. The van der Waals surface area contributed by atoms with Crippen molar-refractivity contribution in [3.8, 4) is 6.07 Å². The molecule has 4 heteroatoms. The number of nitrogens with zero attached hydrogens (tertiary/aromatic N) is 1. The van der Waals surface area contributed by atoms with Crippen LogP contribution in [-0.2, 0) is 14.9 Å². The molecule has 0 saturated carbocycles. The molecule has 2 aliphatic rings. The van der Waals surface area contributed by atoms with Gasteiger partial charge >= 0.3 is 0 Å². The largest absolute Gasteiger partial charge is 0.469 e. The van der Waals surface area contributed by atoms with Crippen molar-refractivity contribution in [1.29, 1.82) is 5.26 Å². The van der Waals surface area contributed by atoms with E-state index in [-0.39, 0.29) is 5.41 Å². The first-order valence-corrected chi connectivity index (χ1v) is 4.94. The van der Waals surface area contributed by atoms with Gasteiger partial charge in [-0.1, -0.05) is 0 Å². The third-order valence-corrected chi connectivity index (χ3v) is 3.52. The minimum Gasteiger partial charge on any atom is -0.469 e. The highest BCUT2D eigenvalue weighted by molar-refractivity contribution is 5.31. The lowest BCUT2D eigenvalue weighted by molar-refractivity contribution is -0.207. The van der Waals surface area contributed by atoms with Gasteiger partial charge < -0.3 is 13.9 Å². The number of hydrogen-bond acceptors (Lipinski definition) is 4. The predicted octanol–water partition coefficient (Wildman–Crippen LogP) is 1.09. The minimum atomic E-state index is -0.455. The predicted molar refractivity (Wildman–Crippen MR) is 50.1 cm³/mol. The zero-order valence-electron chi connectivity index (χ0n) is 8.23. The van der Waals surface area contributed by atoms with Crippen LogP contribution in [-0.4, -0.2) is 26.4 Å². The molecule has 4 nitrogen and oxygen atoms in total. The van der Waals surface area contributed by atoms with E-state index < -0.39 is 5.41 Å². The molecule has 1 aromatic heterocycles. The minimum absolute atomic E-state index is 0.288. The van der Waals surface area contributed by atoms with Crippen molar-refractivity contribution in [2.24, 2.45) is 5.41 Å². The summed E-state index contributed by atoms with van der Waals surface area (Å²) in [5.74, 6) is 0.846. The van der Waals surface area contributed by atoms with Gasteiger partial charge in [-0.2, -0.15) is 5.26 Å². The summed E-state index contributed by atoms with van der Waals surface area (Å²) in [5, 5.41) is 9.31. The molecule has 0 spiro atoms. The summed E-state index contributed by atoms with van der Waals surface area (Å²) in [6, 6.07) is 6.14. The average molecular weight is 205 g/mol.